The number of amides is 1. The van der Waals surface area contributed by atoms with Gasteiger partial charge in [-0.1, -0.05) is 55.8 Å². The summed E-state index contributed by atoms with van der Waals surface area (Å²) in [7, 11) is -3.65. The average molecular weight is 409 g/mol. The fourth-order valence-corrected chi connectivity index (χ4v) is 4.26. The van der Waals surface area contributed by atoms with Crippen molar-refractivity contribution in [1.82, 2.24) is 5.32 Å². The predicted octanol–water partition coefficient (Wildman–Crippen LogP) is 3.80. The molecular weight excluding hydrogens is 384 g/mol. The molecular formula is C20H25ClN2O3S. The van der Waals surface area contributed by atoms with Crippen molar-refractivity contribution in [2.45, 2.75) is 32.2 Å². The molecule has 0 aliphatic rings. The summed E-state index contributed by atoms with van der Waals surface area (Å²) in [6, 6.07) is 15.5. The summed E-state index contributed by atoms with van der Waals surface area (Å²) in [5.41, 5.74) is 1.53. The molecule has 2 aromatic carbocycles. The zero-order chi connectivity index (χ0) is 20.0. The van der Waals surface area contributed by atoms with Gasteiger partial charge < -0.3 is 5.32 Å². The van der Waals surface area contributed by atoms with Crippen molar-refractivity contribution in [2.75, 3.05) is 17.1 Å². The number of nitrogens with one attached hydrogen (secondary N) is 1. The monoisotopic (exact) mass is 408 g/mol. The van der Waals surface area contributed by atoms with Crippen LogP contribution in [0.1, 0.15) is 31.7 Å². The summed E-state index contributed by atoms with van der Waals surface area (Å²) in [4.78, 5) is 12.8. The molecule has 0 saturated heterocycles. The lowest BCUT2D eigenvalue weighted by molar-refractivity contribution is -0.122. The second kappa shape index (κ2) is 9.24. The predicted molar refractivity (Wildman–Crippen MR) is 111 cm³/mol. The normalized spacial score (nSPS) is 13.6. The lowest BCUT2D eigenvalue weighted by atomic mass is 10.0. The van der Waals surface area contributed by atoms with Crippen LogP contribution in [-0.4, -0.2) is 33.2 Å². The van der Waals surface area contributed by atoms with Crippen LogP contribution >= 0.6 is 11.6 Å². The van der Waals surface area contributed by atoms with E-state index < -0.39 is 16.1 Å². The summed E-state index contributed by atoms with van der Waals surface area (Å²) >= 11 is 5.90. The first-order chi connectivity index (χ1) is 12.7. The van der Waals surface area contributed by atoms with Gasteiger partial charge in [-0.05, 0) is 42.2 Å². The molecule has 1 N–H and O–H groups in total. The van der Waals surface area contributed by atoms with E-state index in [9.17, 15) is 13.2 Å². The van der Waals surface area contributed by atoms with Gasteiger partial charge in [-0.2, -0.15) is 0 Å². The molecule has 0 heterocycles. The number of carbonyl (C=O) groups is 1. The molecule has 146 valence electrons. The van der Waals surface area contributed by atoms with E-state index in [2.05, 4.69) is 5.32 Å². The Balaban J connectivity index is 2.18. The van der Waals surface area contributed by atoms with Crippen molar-refractivity contribution >= 4 is 33.2 Å². The third kappa shape index (κ3) is 5.71. The van der Waals surface area contributed by atoms with E-state index in [1.54, 1.807) is 31.2 Å². The molecule has 0 spiro atoms. The van der Waals surface area contributed by atoms with Gasteiger partial charge in [0.15, 0.2) is 0 Å². The first kappa shape index (κ1) is 21.3. The van der Waals surface area contributed by atoms with E-state index in [0.29, 0.717) is 23.7 Å². The molecule has 0 aliphatic carbocycles. The molecule has 1 amide bonds. The second-order valence-corrected chi connectivity index (χ2v) is 8.81. The minimum Gasteiger partial charge on any atom is -0.354 e. The third-order valence-corrected chi connectivity index (χ3v) is 5.79. The number of nitrogens with zero attached hydrogens (tertiary/aromatic N) is 1. The minimum absolute atomic E-state index is 0.120. The third-order valence-electron chi connectivity index (χ3n) is 4.36. The minimum atomic E-state index is -3.65. The van der Waals surface area contributed by atoms with Gasteiger partial charge in [0.2, 0.25) is 15.9 Å². The molecule has 0 saturated carbocycles. The largest absolute Gasteiger partial charge is 0.354 e. The fraction of sp³-hybridized carbons (Fsp3) is 0.350. The molecule has 0 radical (unpaired) electrons. The molecule has 0 aromatic heterocycles. The van der Waals surface area contributed by atoms with Gasteiger partial charge in [-0.3, -0.25) is 9.10 Å². The molecule has 2 atom stereocenters. The maximum atomic E-state index is 12.8. The molecule has 0 bridgehead atoms. The molecule has 2 aromatic rings. The number of halogens is 1. The summed E-state index contributed by atoms with van der Waals surface area (Å²) in [5.74, 6) is -0.199. The summed E-state index contributed by atoms with van der Waals surface area (Å²) < 4.78 is 25.9. The Bertz CT molecular complexity index is 855. The van der Waals surface area contributed by atoms with E-state index in [1.165, 1.54) is 0 Å². The highest BCUT2D eigenvalue weighted by atomic mass is 35.5. The number of hydrogen-bond donors (Lipinski definition) is 1. The number of carbonyl (C=O) groups excluding carboxylic acids is 1. The van der Waals surface area contributed by atoms with Gasteiger partial charge in [0.25, 0.3) is 0 Å². The van der Waals surface area contributed by atoms with Crippen LogP contribution in [0.3, 0.4) is 0 Å². The van der Waals surface area contributed by atoms with Crippen molar-refractivity contribution in [1.29, 1.82) is 0 Å². The number of anilines is 1. The molecule has 7 heteroatoms. The van der Waals surface area contributed by atoms with E-state index in [1.807, 2.05) is 37.3 Å². The smallest absolute Gasteiger partial charge is 0.243 e. The molecule has 5 nitrogen and oxygen atoms in total. The Hall–Kier alpha value is -2.05. The van der Waals surface area contributed by atoms with Crippen molar-refractivity contribution in [2.24, 2.45) is 0 Å². The first-order valence-corrected chi connectivity index (χ1v) is 11.0. The van der Waals surface area contributed by atoms with E-state index in [4.69, 9.17) is 11.6 Å². The highest BCUT2D eigenvalue weighted by Gasteiger charge is 2.31. The topological polar surface area (TPSA) is 66.5 Å². The van der Waals surface area contributed by atoms with E-state index in [-0.39, 0.29) is 11.8 Å². The maximum absolute atomic E-state index is 12.8. The van der Waals surface area contributed by atoms with Crippen molar-refractivity contribution in [3.8, 4) is 0 Å². The van der Waals surface area contributed by atoms with Crippen molar-refractivity contribution < 1.29 is 13.2 Å². The Morgan fingerprint density at radius 1 is 1.11 bits per heavy atom. The van der Waals surface area contributed by atoms with Gasteiger partial charge in [0.1, 0.15) is 6.04 Å². The quantitative estimate of drug-likeness (QED) is 0.722. The Labute approximate surface area is 166 Å². The first-order valence-electron chi connectivity index (χ1n) is 8.81. The fourth-order valence-electron chi connectivity index (χ4n) is 2.92. The zero-order valence-electron chi connectivity index (χ0n) is 15.7. The lowest BCUT2D eigenvalue weighted by Gasteiger charge is -2.30. The second-order valence-electron chi connectivity index (χ2n) is 6.52. The number of rotatable bonds is 8. The molecule has 2 rings (SSSR count). The Morgan fingerprint density at radius 3 is 2.22 bits per heavy atom. The summed E-state index contributed by atoms with van der Waals surface area (Å²) in [5, 5.41) is 3.40. The van der Waals surface area contributed by atoms with Crippen LogP contribution in [0.15, 0.2) is 54.6 Å². The highest BCUT2D eigenvalue weighted by molar-refractivity contribution is 7.92. The van der Waals surface area contributed by atoms with Crippen molar-refractivity contribution in [3.63, 3.8) is 0 Å². The van der Waals surface area contributed by atoms with Crippen LogP contribution < -0.4 is 9.62 Å². The van der Waals surface area contributed by atoms with Crippen LogP contribution in [-0.2, 0) is 14.8 Å². The van der Waals surface area contributed by atoms with Gasteiger partial charge in [0, 0.05) is 11.6 Å². The Kier molecular flexibility index (Phi) is 7.27. The standard InChI is InChI=1S/C20H25ClN2O3S/c1-4-19(20(24)22-14-15(2)16-8-6-5-7-9-16)23(27(3,25)26)18-12-10-17(21)11-13-18/h5-13,15,19H,4,14H2,1-3H3,(H,22,24)/t15-,19+/m0/s1. The van der Waals surface area contributed by atoms with Gasteiger partial charge in [-0.25, -0.2) is 8.42 Å². The molecule has 0 unspecified atom stereocenters. The number of hydrogen-bond acceptors (Lipinski definition) is 3. The number of benzene rings is 2. The zero-order valence-corrected chi connectivity index (χ0v) is 17.3. The van der Waals surface area contributed by atoms with E-state index >= 15 is 0 Å². The van der Waals surface area contributed by atoms with Gasteiger partial charge >= 0.3 is 0 Å². The van der Waals surface area contributed by atoms with E-state index in [0.717, 1.165) is 16.1 Å². The Morgan fingerprint density at radius 2 is 1.70 bits per heavy atom. The van der Waals surface area contributed by atoms with Crippen LogP contribution in [0.2, 0.25) is 5.02 Å². The maximum Gasteiger partial charge on any atom is 0.243 e. The van der Waals surface area contributed by atoms with Gasteiger partial charge in [0.05, 0.1) is 11.9 Å². The lowest BCUT2D eigenvalue weighted by Crippen LogP contribution is -2.49. The van der Waals surface area contributed by atoms with Crippen LogP contribution in [0, 0.1) is 0 Å². The summed E-state index contributed by atoms with van der Waals surface area (Å²) in [6.45, 7) is 4.24. The average Bonchev–Trinajstić information content (AvgIpc) is 2.64. The molecule has 0 aliphatic heterocycles. The van der Waals surface area contributed by atoms with Crippen LogP contribution in [0.4, 0.5) is 5.69 Å². The van der Waals surface area contributed by atoms with Crippen molar-refractivity contribution in [3.05, 3.63) is 65.2 Å². The SMILES string of the molecule is CC[C@H](C(=O)NC[C@H](C)c1ccccc1)N(c1ccc(Cl)cc1)S(C)(=O)=O. The molecule has 27 heavy (non-hydrogen) atoms. The highest BCUT2D eigenvalue weighted by Crippen LogP contribution is 2.24. The van der Waals surface area contributed by atoms with Crippen LogP contribution in [0.5, 0.6) is 0 Å². The van der Waals surface area contributed by atoms with Crippen LogP contribution in [0.25, 0.3) is 0 Å². The summed E-state index contributed by atoms with van der Waals surface area (Å²) in [6.07, 6.45) is 1.45. The van der Waals surface area contributed by atoms with Gasteiger partial charge in [-0.15, -0.1) is 0 Å². The molecule has 0 fully saturated rings. The number of sulfonamides is 1.